The number of aromatic nitrogens is 2. The Hall–Kier alpha value is -2.28. The first-order valence-corrected chi connectivity index (χ1v) is 10.1. The normalized spacial score (nSPS) is 22.3. The van der Waals surface area contributed by atoms with E-state index < -0.39 is 5.97 Å². The monoisotopic (exact) mass is 387 g/mol. The molecule has 1 aliphatic carbocycles. The Morgan fingerprint density at radius 3 is 2.85 bits per heavy atom. The Kier molecular flexibility index (Phi) is 6.21. The number of hydrogen-bond acceptors (Lipinski definition) is 6. The number of aryl methyl sites for hydroxylation is 1. The number of thiazole rings is 1. The molecule has 0 bridgehead atoms. The molecule has 3 rings (SSSR count). The molecule has 7 heteroatoms. The first-order valence-electron chi connectivity index (χ1n) is 9.31. The minimum absolute atomic E-state index is 0.154. The number of carbonyl (C=O) groups excluding carboxylic acids is 2. The van der Waals surface area contributed by atoms with E-state index in [0.717, 1.165) is 12.8 Å². The molecule has 1 saturated carbocycles. The van der Waals surface area contributed by atoms with Gasteiger partial charge in [0.15, 0.2) is 6.61 Å². The van der Waals surface area contributed by atoms with E-state index in [1.54, 1.807) is 13.1 Å². The van der Waals surface area contributed by atoms with Crippen molar-refractivity contribution >= 4 is 23.2 Å². The molecule has 1 fully saturated rings. The van der Waals surface area contributed by atoms with Crippen molar-refractivity contribution in [2.45, 2.75) is 46.1 Å². The highest BCUT2D eigenvalue weighted by Gasteiger charge is 2.28. The zero-order chi connectivity index (χ0) is 19.4. The second-order valence-electron chi connectivity index (χ2n) is 7.17. The van der Waals surface area contributed by atoms with Crippen molar-refractivity contribution in [2.24, 2.45) is 11.8 Å². The fourth-order valence-corrected chi connectivity index (χ4v) is 4.35. The molecular weight excluding hydrogens is 362 g/mol. The minimum atomic E-state index is -0.521. The van der Waals surface area contributed by atoms with Crippen molar-refractivity contribution in [3.05, 3.63) is 35.0 Å². The lowest BCUT2D eigenvalue weighted by Crippen LogP contribution is -2.45. The number of rotatable bonds is 5. The van der Waals surface area contributed by atoms with Crippen LogP contribution in [0.3, 0.4) is 0 Å². The fourth-order valence-electron chi connectivity index (χ4n) is 3.42. The Morgan fingerprint density at radius 1 is 1.30 bits per heavy atom. The maximum Gasteiger partial charge on any atom is 0.350 e. The number of carbonyl (C=O) groups is 2. The molecule has 2 aromatic rings. The minimum Gasteiger partial charge on any atom is -0.451 e. The summed E-state index contributed by atoms with van der Waals surface area (Å²) in [5, 5.41) is 3.67. The van der Waals surface area contributed by atoms with Crippen molar-refractivity contribution in [1.29, 1.82) is 0 Å². The van der Waals surface area contributed by atoms with Crippen LogP contribution < -0.4 is 5.32 Å². The van der Waals surface area contributed by atoms with Gasteiger partial charge in [-0.25, -0.2) is 9.78 Å². The molecule has 2 aromatic heterocycles. The summed E-state index contributed by atoms with van der Waals surface area (Å²) in [5.41, 5.74) is 1.29. The largest absolute Gasteiger partial charge is 0.451 e. The maximum absolute atomic E-state index is 12.4. The number of esters is 1. The molecule has 144 valence electrons. The van der Waals surface area contributed by atoms with Crippen molar-refractivity contribution in [3.8, 4) is 10.7 Å². The third-order valence-electron chi connectivity index (χ3n) is 5.25. The lowest BCUT2D eigenvalue weighted by atomic mass is 9.78. The first-order chi connectivity index (χ1) is 13.0. The summed E-state index contributed by atoms with van der Waals surface area (Å²) in [7, 11) is 0. The second kappa shape index (κ2) is 8.61. The van der Waals surface area contributed by atoms with E-state index in [-0.39, 0.29) is 18.6 Å². The molecule has 0 spiro atoms. The molecule has 0 radical (unpaired) electrons. The highest BCUT2D eigenvalue weighted by atomic mass is 32.1. The molecule has 1 N–H and O–H groups in total. The Bertz CT molecular complexity index is 806. The van der Waals surface area contributed by atoms with Crippen LogP contribution in [0.15, 0.2) is 24.4 Å². The van der Waals surface area contributed by atoms with E-state index in [1.807, 2.05) is 18.2 Å². The van der Waals surface area contributed by atoms with Gasteiger partial charge in [-0.1, -0.05) is 32.8 Å². The van der Waals surface area contributed by atoms with Gasteiger partial charge in [0.05, 0.1) is 11.4 Å². The summed E-state index contributed by atoms with van der Waals surface area (Å²) >= 11 is 1.23. The summed E-state index contributed by atoms with van der Waals surface area (Å²) in [5.74, 6) is 0.258. The van der Waals surface area contributed by atoms with Gasteiger partial charge < -0.3 is 10.1 Å². The van der Waals surface area contributed by atoms with E-state index in [2.05, 4.69) is 29.1 Å². The van der Waals surface area contributed by atoms with Crippen LogP contribution in [0.1, 0.15) is 48.5 Å². The van der Waals surface area contributed by atoms with E-state index in [0.29, 0.717) is 33.1 Å². The second-order valence-corrected chi connectivity index (χ2v) is 8.17. The topological polar surface area (TPSA) is 81.2 Å². The summed E-state index contributed by atoms with van der Waals surface area (Å²) in [6, 6.07) is 5.69. The van der Waals surface area contributed by atoms with E-state index in [1.165, 1.54) is 17.8 Å². The van der Waals surface area contributed by atoms with Gasteiger partial charge in [-0.05, 0) is 37.3 Å². The van der Waals surface area contributed by atoms with Crippen LogP contribution in [0.5, 0.6) is 0 Å². The van der Waals surface area contributed by atoms with Crippen LogP contribution >= 0.6 is 11.3 Å². The number of nitrogens with zero attached hydrogens (tertiary/aromatic N) is 2. The smallest absolute Gasteiger partial charge is 0.350 e. The van der Waals surface area contributed by atoms with E-state index in [9.17, 15) is 9.59 Å². The summed E-state index contributed by atoms with van der Waals surface area (Å²) < 4.78 is 5.22. The van der Waals surface area contributed by atoms with Crippen molar-refractivity contribution in [1.82, 2.24) is 15.3 Å². The zero-order valence-electron chi connectivity index (χ0n) is 15.9. The van der Waals surface area contributed by atoms with Gasteiger partial charge in [-0.2, -0.15) is 0 Å². The number of hydrogen-bond donors (Lipinski definition) is 1. The molecule has 3 atom stereocenters. The number of amides is 1. The van der Waals surface area contributed by atoms with Gasteiger partial charge >= 0.3 is 5.97 Å². The molecule has 1 amide bonds. The highest BCUT2D eigenvalue weighted by Crippen LogP contribution is 2.29. The van der Waals surface area contributed by atoms with Crippen molar-refractivity contribution in [3.63, 3.8) is 0 Å². The Morgan fingerprint density at radius 2 is 2.11 bits per heavy atom. The lowest BCUT2D eigenvalue weighted by molar-refractivity contribution is -0.125. The van der Waals surface area contributed by atoms with Gasteiger partial charge in [-0.15, -0.1) is 11.3 Å². The predicted octanol–water partition coefficient (Wildman–Crippen LogP) is 3.61. The maximum atomic E-state index is 12.4. The highest BCUT2D eigenvalue weighted by molar-refractivity contribution is 7.17. The average Bonchev–Trinajstić information content (AvgIpc) is 3.06. The Balaban J connectivity index is 1.56. The van der Waals surface area contributed by atoms with Crippen LogP contribution in [0, 0.1) is 18.8 Å². The summed E-state index contributed by atoms with van der Waals surface area (Å²) in [4.78, 5) is 33.6. The third-order valence-corrected chi connectivity index (χ3v) is 6.41. The average molecular weight is 388 g/mol. The Labute approximate surface area is 163 Å². The van der Waals surface area contributed by atoms with Crippen molar-refractivity contribution < 1.29 is 14.3 Å². The molecule has 2 heterocycles. The lowest BCUT2D eigenvalue weighted by Gasteiger charge is -2.34. The van der Waals surface area contributed by atoms with Gasteiger partial charge in [0, 0.05) is 12.2 Å². The van der Waals surface area contributed by atoms with Gasteiger partial charge in [0.2, 0.25) is 0 Å². The van der Waals surface area contributed by atoms with Gasteiger partial charge in [0.25, 0.3) is 5.91 Å². The van der Waals surface area contributed by atoms with Crippen LogP contribution in [0.2, 0.25) is 0 Å². The van der Waals surface area contributed by atoms with Gasteiger partial charge in [0.1, 0.15) is 9.88 Å². The number of ether oxygens (including phenoxy) is 1. The van der Waals surface area contributed by atoms with Crippen LogP contribution in [0.25, 0.3) is 10.7 Å². The quantitative estimate of drug-likeness (QED) is 0.793. The molecule has 0 aliphatic heterocycles. The summed E-state index contributed by atoms with van der Waals surface area (Å²) in [6.45, 7) is 5.87. The molecule has 0 saturated heterocycles. The van der Waals surface area contributed by atoms with Gasteiger partial charge in [-0.3, -0.25) is 9.78 Å². The summed E-state index contributed by atoms with van der Waals surface area (Å²) in [6.07, 6.45) is 4.98. The van der Waals surface area contributed by atoms with Crippen LogP contribution in [0.4, 0.5) is 0 Å². The molecule has 0 aromatic carbocycles. The van der Waals surface area contributed by atoms with Crippen LogP contribution in [-0.4, -0.2) is 34.5 Å². The third kappa shape index (κ3) is 4.71. The van der Waals surface area contributed by atoms with E-state index in [4.69, 9.17) is 4.74 Å². The molecular formula is C20H25N3O3S. The SMILES string of the molecule is Cc1nc(-c2ccccn2)sc1C(=O)OCC(=O)N[C@@H]1CCC[C@H](C)[C@@H]1C. The van der Waals surface area contributed by atoms with E-state index >= 15 is 0 Å². The zero-order valence-corrected chi connectivity index (χ0v) is 16.7. The number of pyridine rings is 1. The first kappa shape index (κ1) is 19.5. The van der Waals surface area contributed by atoms with Crippen molar-refractivity contribution in [2.75, 3.05) is 6.61 Å². The number of nitrogens with one attached hydrogen (secondary N) is 1. The fraction of sp³-hybridized carbons (Fsp3) is 0.500. The molecule has 1 aliphatic rings. The molecule has 27 heavy (non-hydrogen) atoms. The molecule has 6 nitrogen and oxygen atoms in total. The standard InChI is InChI=1S/C20H25N3O3S/c1-12-7-6-9-15(13(12)2)23-17(24)11-26-20(25)18-14(3)22-19(27-18)16-8-4-5-10-21-16/h4-5,8,10,12-13,15H,6-7,9,11H2,1-3H3,(H,23,24)/t12-,13-,15+/m0/s1. The molecule has 0 unspecified atom stereocenters. The van der Waals surface area contributed by atoms with Crippen LogP contribution in [-0.2, 0) is 9.53 Å². The predicted molar refractivity (Wildman–Crippen MR) is 104 cm³/mol.